The number of primary amides is 1. The lowest BCUT2D eigenvalue weighted by molar-refractivity contribution is 0.0996. The summed E-state index contributed by atoms with van der Waals surface area (Å²) in [5.74, 6) is 0.276. The van der Waals surface area contributed by atoms with E-state index in [4.69, 9.17) is 10.5 Å². The number of ether oxygens (including phenoxy) is 1. The van der Waals surface area contributed by atoms with E-state index in [0.717, 1.165) is 17.2 Å². The molecule has 3 aromatic rings. The maximum absolute atomic E-state index is 12.9. The summed E-state index contributed by atoms with van der Waals surface area (Å²) in [6.07, 6.45) is 1.70. The Hall–Kier alpha value is -3.61. The highest BCUT2D eigenvalue weighted by atomic mass is 16.5. The van der Waals surface area contributed by atoms with Crippen molar-refractivity contribution in [3.63, 3.8) is 0 Å². The van der Waals surface area contributed by atoms with Crippen molar-refractivity contribution < 1.29 is 14.3 Å². The fourth-order valence-corrected chi connectivity index (χ4v) is 2.98. The summed E-state index contributed by atoms with van der Waals surface area (Å²) in [5, 5.41) is 2.80. The maximum atomic E-state index is 12.9. The second kappa shape index (κ2) is 7.33. The Morgan fingerprint density at radius 2 is 1.93 bits per heavy atom. The molecule has 27 heavy (non-hydrogen) atoms. The zero-order valence-electron chi connectivity index (χ0n) is 15.3. The standard InChI is InChI=1S/C20H20N4O3/c1-12-10-15(13(2)24(12)18-6-4-5-9-22-18)20(26)23-16-11-14(19(21)25)7-8-17(16)27-3/h4-11H,1-3H3,(H2,21,25)(H,23,26). The largest absolute Gasteiger partial charge is 0.495 e. The van der Waals surface area contributed by atoms with Crippen LogP contribution in [0.3, 0.4) is 0 Å². The monoisotopic (exact) mass is 364 g/mol. The molecule has 0 fully saturated rings. The van der Waals surface area contributed by atoms with E-state index in [1.807, 2.05) is 36.6 Å². The molecule has 0 radical (unpaired) electrons. The molecule has 0 aliphatic rings. The molecular formula is C20H20N4O3. The van der Waals surface area contributed by atoms with Gasteiger partial charge in [0.25, 0.3) is 5.91 Å². The van der Waals surface area contributed by atoms with Crippen LogP contribution in [0, 0.1) is 13.8 Å². The summed E-state index contributed by atoms with van der Waals surface area (Å²) in [6, 6.07) is 12.0. The minimum Gasteiger partial charge on any atom is -0.495 e. The van der Waals surface area contributed by atoms with Gasteiger partial charge >= 0.3 is 0 Å². The number of benzene rings is 1. The maximum Gasteiger partial charge on any atom is 0.257 e. The first-order chi connectivity index (χ1) is 12.9. The third-order valence-electron chi connectivity index (χ3n) is 4.29. The normalized spacial score (nSPS) is 10.5. The van der Waals surface area contributed by atoms with E-state index < -0.39 is 5.91 Å². The van der Waals surface area contributed by atoms with Crippen LogP contribution in [0.2, 0.25) is 0 Å². The molecule has 0 unspecified atom stereocenters. The third-order valence-corrected chi connectivity index (χ3v) is 4.29. The molecule has 7 heteroatoms. The first kappa shape index (κ1) is 18.2. The first-order valence-electron chi connectivity index (χ1n) is 8.32. The number of carbonyl (C=O) groups is 2. The molecule has 0 saturated carbocycles. The average molecular weight is 364 g/mol. The predicted octanol–water partition coefficient (Wildman–Crippen LogP) is 2.85. The number of aromatic nitrogens is 2. The lowest BCUT2D eigenvalue weighted by atomic mass is 10.1. The number of rotatable bonds is 5. The highest BCUT2D eigenvalue weighted by molar-refractivity contribution is 6.07. The average Bonchev–Trinajstić information content (AvgIpc) is 2.96. The number of hydrogen-bond donors (Lipinski definition) is 2. The van der Waals surface area contributed by atoms with Crippen molar-refractivity contribution in [2.24, 2.45) is 5.73 Å². The Kier molecular flexibility index (Phi) is 4.94. The lowest BCUT2D eigenvalue weighted by Gasteiger charge is -2.12. The highest BCUT2D eigenvalue weighted by Crippen LogP contribution is 2.27. The van der Waals surface area contributed by atoms with Crippen molar-refractivity contribution in [3.05, 3.63) is 71.2 Å². The topological polar surface area (TPSA) is 99.2 Å². The molecule has 2 amide bonds. The van der Waals surface area contributed by atoms with Crippen LogP contribution in [0.1, 0.15) is 32.1 Å². The summed E-state index contributed by atoms with van der Waals surface area (Å²) in [6.45, 7) is 3.76. The summed E-state index contributed by atoms with van der Waals surface area (Å²) in [5.41, 5.74) is 8.13. The molecule has 0 aliphatic heterocycles. The molecule has 2 aromatic heterocycles. The van der Waals surface area contributed by atoms with Gasteiger partial charge in [0.2, 0.25) is 5.91 Å². The fraction of sp³-hybridized carbons (Fsp3) is 0.150. The number of methoxy groups -OCH3 is 1. The van der Waals surface area contributed by atoms with Crippen molar-refractivity contribution in [3.8, 4) is 11.6 Å². The van der Waals surface area contributed by atoms with Crippen LogP contribution in [0.5, 0.6) is 5.75 Å². The molecule has 0 aliphatic carbocycles. The zero-order valence-corrected chi connectivity index (χ0v) is 15.3. The van der Waals surface area contributed by atoms with Crippen LogP contribution < -0.4 is 15.8 Å². The molecule has 138 valence electrons. The van der Waals surface area contributed by atoms with E-state index >= 15 is 0 Å². The van der Waals surface area contributed by atoms with Crippen LogP contribution in [-0.2, 0) is 0 Å². The van der Waals surface area contributed by atoms with Crippen molar-refractivity contribution in [2.45, 2.75) is 13.8 Å². The summed E-state index contributed by atoms with van der Waals surface area (Å²) in [4.78, 5) is 28.6. The van der Waals surface area contributed by atoms with Gasteiger partial charge in [-0.3, -0.25) is 9.59 Å². The SMILES string of the molecule is COc1ccc(C(N)=O)cc1NC(=O)c1cc(C)n(-c2ccccn2)c1C. The smallest absolute Gasteiger partial charge is 0.257 e. The third kappa shape index (κ3) is 3.52. The molecular weight excluding hydrogens is 344 g/mol. The molecule has 0 saturated heterocycles. The molecule has 7 nitrogen and oxygen atoms in total. The summed E-state index contributed by atoms with van der Waals surface area (Å²) >= 11 is 0. The van der Waals surface area contributed by atoms with Gasteiger partial charge in [-0.2, -0.15) is 0 Å². The van der Waals surface area contributed by atoms with Crippen LogP contribution in [0.25, 0.3) is 5.82 Å². The van der Waals surface area contributed by atoms with E-state index in [1.165, 1.54) is 13.2 Å². The van der Waals surface area contributed by atoms with Crippen LogP contribution in [-0.4, -0.2) is 28.5 Å². The number of pyridine rings is 1. The van der Waals surface area contributed by atoms with Gasteiger partial charge in [0.1, 0.15) is 11.6 Å². The minimum absolute atomic E-state index is 0.282. The quantitative estimate of drug-likeness (QED) is 0.727. The Bertz CT molecular complexity index is 1010. The van der Waals surface area contributed by atoms with Gasteiger partial charge in [0.15, 0.2) is 0 Å². The van der Waals surface area contributed by atoms with Gasteiger partial charge in [-0.25, -0.2) is 4.98 Å². The number of hydrogen-bond acceptors (Lipinski definition) is 4. The molecule has 0 spiro atoms. The zero-order chi connectivity index (χ0) is 19.6. The Morgan fingerprint density at radius 3 is 2.56 bits per heavy atom. The van der Waals surface area contributed by atoms with E-state index in [2.05, 4.69) is 10.3 Å². The van der Waals surface area contributed by atoms with Crippen molar-refractivity contribution in [2.75, 3.05) is 12.4 Å². The van der Waals surface area contributed by atoms with Gasteiger partial charge < -0.3 is 20.4 Å². The molecule has 3 N–H and O–H groups in total. The number of anilines is 1. The Morgan fingerprint density at radius 1 is 1.15 bits per heavy atom. The van der Waals surface area contributed by atoms with E-state index in [-0.39, 0.29) is 11.5 Å². The number of nitrogens with two attached hydrogens (primary N) is 1. The highest BCUT2D eigenvalue weighted by Gasteiger charge is 2.19. The Balaban J connectivity index is 1.96. The molecule has 0 atom stereocenters. The fourth-order valence-electron chi connectivity index (χ4n) is 2.98. The van der Waals surface area contributed by atoms with E-state index in [1.54, 1.807) is 24.4 Å². The van der Waals surface area contributed by atoms with Crippen LogP contribution >= 0.6 is 0 Å². The minimum atomic E-state index is -0.582. The van der Waals surface area contributed by atoms with Crippen LogP contribution in [0.4, 0.5) is 5.69 Å². The second-order valence-corrected chi connectivity index (χ2v) is 6.04. The second-order valence-electron chi connectivity index (χ2n) is 6.04. The molecule has 0 bridgehead atoms. The van der Waals surface area contributed by atoms with E-state index in [0.29, 0.717) is 17.0 Å². The predicted molar refractivity (Wildman–Crippen MR) is 103 cm³/mol. The van der Waals surface area contributed by atoms with Gasteiger partial charge in [-0.15, -0.1) is 0 Å². The van der Waals surface area contributed by atoms with Gasteiger partial charge in [0, 0.05) is 23.1 Å². The number of amides is 2. The van der Waals surface area contributed by atoms with Crippen molar-refractivity contribution in [1.29, 1.82) is 0 Å². The van der Waals surface area contributed by atoms with Crippen molar-refractivity contribution in [1.82, 2.24) is 9.55 Å². The van der Waals surface area contributed by atoms with Crippen molar-refractivity contribution >= 4 is 17.5 Å². The number of carbonyl (C=O) groups excluding carboxylic acids is 2. The number of aryl methyl sites for hydroxylation is 1. The van der Waals surface area contributed by atoms with Gasteiger partial charge in [-0.1, -0.05) is 6.07 Å². The molecule has 2 heterocycles. The van der Waals surface area contributed by atoms with Crippen LogP contribution in [0.15, 0.2) is 48.7 Å². The number of nitrogens with zero attached hydrogens (tertiary/aromatic N) is 2. The van der Waals surface area contributed by atoms with Gasteiger partial charge in [-0.05, 0) is 50.2 Å². The molecule has 1 aromatic carbocycles. The lowest BCUT2D eigenvalue weighted by Crippen LogP contribution is -2.16. The van der Waals surface area contributed by atoms with Gasteiger partial charge in [0.05, 0.1) is 18.4 Å². The summed E-state index contributed by atoms with van der Waals surface area (Å²) < 4.78 is 7.17. The molecule has 3 rings (SSSR count). The first-order valence-corrected chi connectivity index (χ1v) is 8.32. The van der Waals surface area contributed by atoms with E-state index in [9.17, 15) is 9.59 Å². The number of nitrogens with one attached hydrogen (secondary N) is 1. The summed E-state index contributed by atoms with van der Waals surface area (Å²) in [7, 11) is 1.49. The Labute approximate surface area is 156 Å².